The third-order valence-electron chi connectivity index (χ3n) is 5.14. The van der Waals surface area contributed by atoms with Gasteiger partial charge in [-0.3, -0.25) is 9.59 Å². The zero-order valence-electron chi connectivity index (χ0n) is 17.3. The van der Waals surface area contributed by atoms with Crippen LogP contribution in [-0.4, -0.2) is 46.6 Å². The number of hydrogen-bond donors (Lipinski definition) is 1. The number of carbonyl (C=O) groups is 2. The van der Waals surface area contributed by atoms with E-state index in [0.717, 1.165) is 17.8 Å². The van der Waals surface area contributed by atoms with E-state index in [1.807, 2.05) is 60.4 Å². The molecule has 1 aliphatic heterocycles. The first-order chi connectivity index (χ1) is 15.2. The van der Waals surface area contributed by atoms with Crippen LogP contribution in [0.25, 0.3) is 0 Å². The molecule has 160 valence electrons. The summed E-state index contributed by atoms with van der Waals surface area (Å²) in [6, 6.07) is 16.6. The molecule has 1 atom stereocenters. The Kier molecular flexibility index (Phi) is 6.57. The molecule has 1 unspecified atom stereocenters. The van der Waals surface area contributed by atoms with Crippen LogP contribution in [0.5, 0.6) is 5.75 Å². The highest BCUT2D eigenvalue weighted by atomic mass is 32.1. The summed E-state index contributed by atoms with van der Waals surface area (Å²) in [6.07, 6.45) is 1.78. The lowest BCUT2D eigenvalue weighted by Crippen LogP contribution is -2.39. The molecule has 0 saturated carbocycles. The minimum Gasteiger partial charge on any atom is -0.493 e. The zero-order valence-corrected chi connectivity index (χ0v) is 18.1. The topological polar surface area (TPSA) is 84.4 Å². The highest BCUT2D eigenvalue weighted by Crippen LogP contribution is 2.31. The Labute approximate surface area is 185 Å². The summed E-state index contributed by atoms with van der Waals surface area (Å²) in [7, 11) is 0. The Morgan fingerprint density at radius 1 is 1.13 bits per heavy atom. The third kappa shape index (κ3) is 4.91. The van der Waals surface area contributed by atoms with Crippen molar-refractivity contribution in [2.45, 2.75) is 25.7 Å². The highest BCUT2D eigenvalue weighted by molar-refractivity contribution is 7.13. The first kappa shape index (κ1) is 21.0. The number of ether oxygens (including phenoxy) is 1. The number of nitrogens with one attached hydrogen (secondary N) is 1. The predicted octanol–water partition coefficient (Wildman–Crippen LogP) is 4.21. The average molecular weight is 437 g/mol. The molecule has 8 heteroatoms. The second kappa shape index (κ2) is 9.70. The maximum Gasteiger partial charge on any atom is 0.286 e. The molecule has 2 amide bonds. The second-order valence-corrected chi connectivity index (χ2v) is 8.29. The summed E-state index contributed by atoms with van der Waals surface area (Å²) in [4.78, 5) is 27.5. The number of hydrogen-bond acceptors (Lipinski definition) is 6. The fourth-order valence-corrected chi connectivity index (χ4v) is 4.52. The Morgan fingerprint density at radius 2 is 1.90 bits per heavy atom. The van der Waals surface area contributed by atoms with Crippen molar-refractivity contribution in [3.63, 3.8) is 0 Å². The lowest BCUT2D eigenvalue weighted by Gasteiger charge is -2.32. The molecule has 0 bridgehead atoms. The summed E-state index contributed by atoms with van der Waals surface area (Å²) in [5.41, 5.74) is 1.29. The van der Waals surface area contributed by atoms with Gasteiger partial charge < -0.3 is 15.0 Å². The Morgan fingerprint density at radius 3 is 2.71 bits per heavy atom. The van der Waals surface area contributed by atoms with Crippen molar-refractivity contribution in [2.75, 3.05) is 25.0 Å². The van der Waals surface area contributed by atoms with Gasteiger partial charge in [0.2, 0.25) is 5.01 Å². The quantitative estimate of drug-likeness (QED) is 0.626. The van der Waals surface area contributed by atoms with Crippen LogP contribution in [0, 0.1) is 0 Å². The molecular formula is C23H24N4O3S. The van der Waals surface area contributed by atoms with E-state index in [9.17, 15) is 9.59 Å². The number of nitrogens with zero attached hydrogens (tertiary/aromatic N) is 3. The first-order valence-electron chi connectivity index (χ1n) is 10.4. The molecule has 2 aromatic carbocycles. The lowest BCUT2D eigenvalue weighted by atomic mass is 9.98. The summed E-state index contributed by atoms with van der Waals surface area (Å²) < 4.78 is 5.63. The van der Waals surface area contributed by atoms with Crippen LogP contribution in [0.4, 0.5) is 5.69 Å². The molecule has 2 heterocycles. The molecule has 0 radical (unpaired) electrons. The Bertz CT molecular complexity index is 1050. The summed E-state index contributed by atoms with van der Waals surface area (Å²) >= 11 is 1.29. The average Bonchev–Trinajstić information content (AvgIpc) is 3.31. The molecule has 1 aromatic heterocycles. The molecule has 31 heavy (non-hydrogen) atoms. The monoisotopic (exact) mass is 436 g/mol. The molecule has 0 spiro atoms. The third-order valence-corrected chi connectivity index (χ3v) is 6.23. The SMILES string of the molecule is CCOc1ccccc1C(=O)N1CCCC(c2nnc(C(=O)Nc3ccccc3)s2)C1. The van der Waals surface area contributed by atoms with Crippen molar-refractivity contribution in [3.05, 3.63) is 70.2 Å². The number of aromatic nitrogens is 2. The molecular weight excluding hydrogens is 412 g/mol. The minimum atomic E-state index is -0.274. The highest BCUT2D eigenvalue weighted by Gasteiger charge is 2.29. The van der Waals surface area contributed by atoms with Crippen LogP contribution in [0.2, 0.25) is 0 Å². The number of rotatable bonds is 6. The number of benzene rings is 2. The summed E-state index contributed by atoms with van der Waals surface area (Å²) in [5.74, 6) is 0.352. The molecule has 7 nitrogen and oxygen atoms in total. The van der Waals surface area contributed by atoms with Gasteiger partial charge >= 0.3 is 0 Å². The molecule has 0 aliphatic carbocycles. The predicted molar refractivity (Wildman–Crippen MR) is 120 cm³/mol. The van der Waals surface area contributed by atoms with Crippen molar-refractivity contribution in [1.29, 1.82) is 0 Å². The van der Waals surface area contributed by atoms with E-state index in [0.29, 0.717) is 41.7 Å². The van der Waals surface area contributed by atoms with Gasteiger partial charge in [-0.25, -0.2) is 0 Å². The van der Waals surface area contributed by atoms with Crippen molar-refractivity contribution >= 4 is 28.8 Å². The van der Waals surface area contributed by atoms with Crippen LogP contribution in [0.15, 0.2) is 54.6 Å². The number of carbonyl (C=O) groups excluding carboxylic acids is 2. The van der Waals surface area contributed by atoms with Gasteiger partial charge in [-0.15, -0.1) is 10.2 Å². The molecule has 4 rings (SSSR count). The lowest BCUT2D eigenvalue weighted by molar-refractivity contribution is 0.0702. The fraction of sp³-hybridized carbons (Fsp3) is 0.304. The van der Waals surface area contributed by atoms with Crippen molar-refractivity contribution < 1.29 is 14.3 Å². The Hall–Kier alpha value is -3.26. The first-order valence-corrected chi connectivity index (χ1v) is 11.2. The van der Waals surface area contributed by atoms with E-state index in [-0.39, 0.29) is 17.7 Å². The zero-order chi connectivity index (χ0) is 21.6. The van der Waals surface area contributed by atoms with Gasteiger partial charge in [0, 0.05) is 24.7 Å². The summed E-state index contributed by atoms with van der Waals surface area (Å²) in [5, 5.41) is 12.3. The van der Waals surface area contributed by atoms with Gasteiger partial charge in [0.1, 0.15) is 10.8 Å². The Balaban J connectivity index is 1.44. The van der Waals surface area contributed by atoms with Crippen LogP contribution >= 0.6 is 11.3 Å². The van der Waals surface area contributed by atoms with Gasteiger partial charge in [-0.05, 0) is 44.0 Å². The van der Waals surface area contributed by atoms with E-state index >= 15 is 0 Å². The van der Waals surface area contributed by atoms with Gasteiger partial charge in [0.25, 0.3) is 11.8 Å². The van der Waals surface area contributed by atoms with Gasteiger partial charge in [0.05, 0.1) is 12.2 Å². The van der Waals surface area contributed by atoms with E-state index in [1.54, 1.807) is 6.07 Å². The van der Waals surface area contributed by atoms with Crippen molar-refractivity contribution in [3.8, 4) is 5.75 Å². The smallest absolute Gasteiger partial charge is 0.286 e. The molecule has 1 aliphatic rings. The molecule has 3 aromatic rings. The number of anilines is 1. The van der Waals surface area contributed by atoms with E-state index in [4.69, 9.17) is 4.74 Å². The van der Waals surface area contributed by atoms with Gasteiger partial charge in [-0.1, -0.05) is 41.7 Å². The largest absolute Gasteiger partial charge is 0.493 e. The van der Waals surface area contributed by atoms with Crippen LogP contribution in [-0.2, 0) is 0 Å². The van der Waals surface area contributed by atoms with Crippen molar-refractivity contribution in [2.24, 2.45) is 0 Å². The van der Waals surface area contributed by atoms with Crippen LogP contribution < -0.4 is 10.1 Å². The molecule has 1 saturated heterocycles. The van der Waals surface area contributed by atoms with E-state index in [2.05, 4.69) is 15.5 Å². The van der Waals surface area contributed by atoms with E-state index < -0.39 is 0 Å². The van der Waals surface area contributed by atoms with Crippen LogP contribution in [0.1, 0.15) is 50.9 Å². The number of piperidine rings is 1. The standard InChI is InChI=1S/C23H24N4O3S/c1-2-30-19-13-7-6-12-18(19)23(29)27-14-8-9-16(15-27)21-25-26-22(31-21)20(28)24-17-10-4-3-5-11-17/h3-7,10-13,16H,2,8-9,14-15H2,1H3,(H,24,28). The fourth-order valence-electron chi connectivity index (χ4n) is 3.66. The van der Waals surface area contributed by atoms with Crippen LogP contribution in [0.3, 0.4) is 0 Å². The number of amides is 2. The second-order valence-electron chi connectivity index (χ2n) is 7.29. The molecule has 1 fully saturated rings. The maximum absolute atomic E-state index is 13.1. The van der Waals surface area contributed by atoms with Gasteiger partial charge in [-0.2, -0.15) is 0 Å². The minimum absolute atomic E-state index is 0.0414. The number of likely N-dealkylation sites (tertiary alicyclic amines) is 1. The maximum atomic E-state index is 13.1. The van der Waals surface area contributed by atoms with Gasteiger partial charge in [0.15, 0.2) is 0 Å². The number of para-hydroxylation sites is 2. The van der Waals surface area contributed by atoms with Crippen molar-refractivity contribution in [1.82, 2.24) is 15.1 Å². The van der Waals surface area contributed by atoms with E-state index in [1.165, 1.54) is 11.3 Å². The normalized spacial score (nSPS) is 16.0. The molecule has 1 N–H and O–H groups in total. The summed E-state index contributed by atoms with van der Waals surface area (Å²) in [6.45, 7) is 3.65.